The number of nitrogens with zero attached hydrogens (tertiary/aromatic N) is 1. The number of imidazole rings is 1. The fourth-order valence-corrected chi connectivity index (χ4v) is 7.08. The van der Waals surface area contributed by atoms with Crippen LogP contribution < -0.4 is 16.0 Å². The van der Waals surface area contributed by atoms with Gasteiger partial charge < -0.3 is 35.1 Å². The highest BCUT2D eigenvalue weighted by atomic mass is 16.8. The molecule has 1 aromatic carbocycles. The molecule has 2 fully saturated rings. The minimum atomic E-state index is -0.983. The van der Waals surface area contributed by atoms with Crippen LogP contribution in [0.4, 0.5) is 4.79 Å². The number of aromatic nitrogens is 2. The van der Waals surface area contributed by atoms with E-state index in [1.807, 2.05) is 86.6 Å². The molecular formula is C37H59N5O6. The highest BCUT2D eigenvalue weighted by molar-refractivity contribution is 5.89. The van der Waals surface area contributed by atoms with E-state index in [4.69, 9.17) is 14.2 Å². The number of aromatic amines is 1. The number of benzene rings is 1. The molecule has 0 bridgehead atoms. The van der Waals surface area contributed by atoms with Gasteiger partial charge >= 0.3 is 6.09 Å². The average Bonchev–Trinajstić information content (AvgIpc) is 3.57. The molecule has 1 aliphatic heterocycles. The van der Waals surface area contributed by atoms with Gasteiger partial charge in [0.1, 0.15) is 29.7 Å². The van der Waals surface area contributed by atoms with Crippen molar-refractivity contribution in [2.75, 3.05) is 0 Å². The van der Waals surface area contributed by atoms with Gasteiger partial charge in [0.05, 0.1) is 29.5 Å². The maximum absolute atomic E-state index is 14.3. The Labute approximate surface area is 286 Å². The van der Waals surface area contributed by atoms with E-state index in [1.54, 1.807) is 0 Å². The van der Waals surface area contributed by atoms with Crippen LogP contribution in [0.25, 0.3) is 11.0 Å². The van der Waals surface area contributed by atoms with Crippen LogP contribution in [0, 0.1) is 23.7 Å². The summed E-state index contributed by atoms with van der Waals surface area (Å²) in [6, 6.07) is 6.51. The Balaban J connectivity index is 1.55. The molecule has 0 spiro atoms. The molecule has 4 rings (SSSR count). The number of alkyl carbamates (subject to hydrolysis) is 1. The highest BCUT2D eigenvalue weighted by Gasteiger charge is 2.52. The van der Waals surface area contributed by atoms with Crippen molar-refractivity contribution in [3.8, 4) is 0 Å². The Bertz CT molecular complexity index is 1340. The van der Waals surface area contributed by atoms with Crippen LogP contribution in [0.15, 0.2) is 24.3 Å². The number of carbonyl (C=O) groups excluding carboxylic acids is 3. The molecule has 1 aliphatic carbocycles. The van der Waals surface area contributed by atoms with Crippen molar-refractivity contribution < 1.29 is 28.6 Å². The van der Waals surface area contributed by atoms with E-state index in [2.05, 4.69) is 25.9 Å². The summed E-state index contributed by atoms with van der Waals surface area (Å²) in [4.78, 5) is 48.9. The molecule has 11 heteroatoms. The first-order chi connectivity index (χ1) is 22.6. The second-order valence-corrected chi connectivity index (χ2v) is 15.6. The molecule has 2 aromatic rings. The number of para-hydroxylation sites is 2. The predicted molar refractivity (Wildman–Crippen MR) is 186 cm³/mol. The second-order valence-electron chi connectivity index (χ2n) is 15.6. The molecule has 3 amide bonds. The Kier molecular flexibility index (Phi) is 12.6. The lowest BCUT2D eigenvalue weighted by Gasteiger charge is -2.36. The number of amides is 3. The standard InChI is InChI=1S/C37H59N5O6/c1-10-23(4)30(34(44)38-21-28-39-25-18-14-15-19-26(25)40-28)42-33(43)29(22(2)3)32-31(46-37(8,9)47-32)27(20-24-16-12-11-13-17-24)41-35(45)48-36(5,6)7/h14-15,18-19,22-24,27,29-32H,10-13,16-17,20-21H2,1-9H3,(H,38,44)(H,39,40)(H,41,45)(H,42,43)/t23?,27-,29+,30-,31+,32+/m0/s1. The van der Waals surface area contributed by atoms with Gasteiger partial charge in [-0.3, -0.25) is 9.59 Å². The van der Waals surface area contributed by atoms with E-state index in [0.717, 1.165) is 36.7 Å². The van der Waals surface area contributed by atoms with E-state index >= 15 is 0 Å². The Morgan fingerprint density at radius 2 is 1.67 bits per heavy atom. The number of ether oxygens (including phenoxy) is 3. The molecule has 1 unspecified atom stereocenters. The van der Waals surface area contributed by atoms with Crippen LogP contribution in [-0.2, 0) is 30.3 Å². The maximum Gasteiger partial charge on any atom is 0.407 e. The zero-order valence-corrected chi connectivity index (χ0v) is 30.5. The largest absolute Gasteiger partial charge is 0.444 e. The summed E-state index contributed by atoms with van der Waals surface area (Å²) in [6.07, 6.45) is 5.32. The lowest BCUT2D eigenvalue weighted by atomic mass is 9.79. The molecule has 268 valence electrons. The number of hydrogen-bond acceptors (Lipinski definition) is 7. The number of carbonyl (C=O) groups is 3. The fraction of sp³-hybridized carbons (Fsp3) is 0.730. The van der Waals surface area contributed by atoms with E-state index < -0.39 is 47.7 Å². The molecule has 11 nitrogen and oxygen atoms in total. The number of H-pyrrole nitrogens is 1. The summed E-state index contributed by atoms with van der Waals surface area (Å²) in [7, 11) is 0. The van der Waals surface area contributed by atoms with Gasteiger partial charge in [-0.05, 0) is 70.9 Å². The zero-order chi connectivity index (χ0) is 35.2. The molecule has 0 radical (unpaired) electrons. The van der Waals surface area contributed by atoms with Gasteiger partial charge in [-0.2, -0.15) is 0 Å². The second kappa shape index (κ2) is 16.0. The van der Waals surface area contributed by atoms with E-state index in [-0.39, 0.29) is 30.2 Å². The van der Waals surface area contributed by atoms with Gasteiger partial charge in [0.25, 0.3) is 0 Å². The van der Waals surface area contributed by atoms with Crippen molar-refractivity contribution in [2.24, 2.45) is 23.7 Å². The van der Waals surface area contributed by atoms with Crippen LogP contribution in [0.1, 0.15) is 113 Å². The first-order valence-corrected chi connectivity index (χ1v) is 17.9. The van der Waals surface area contributed by atoms with Gasteiger partial charge in [0.15, 0.2) is 5.79 Å². The Hall–Kier alpha value is -3.18. The third-order valence-corrected chi connectivity index (χ3v) is 9.61. The fourth-order valence-electron chi connectivity index (χ4n) is 7.08. The molecule has 48 heavy (non-hydrogen) atoms. The monoisotopic (exact) mass is 669 g/mol. The van der Waals surface area contributed by atoms with Gasteiger partial charge in [-0.25, -0.2) is 9.78 Å². The SMILES string of the molecule is CCC(C)[C@H](NC(=O)[C@H](C(C)C)[C@H]1OC(C)(C)O[C@@H]1[C@H](CC1CCCCC1)NC(=O)OC(C)(C)C)C(=O)NCc1nc2ccccc2[nH]1. The third kappa shape index (κ3) is 10.2. The Morgan fingerprint density at radius 1 is 1.00 bits per heavy atom. The van der Waals surface area contributed by atoms with Crippen LogP contribution >= 0.6 is 0 Å². The minimum Gasteiger partial charge on any atom is -0.444 e. The topological polar surface area (TPSA) is 144 Å². The molecule has 2 heterocycles. The predicted octanol–water partition coefficient (Wildman–Crippen LogP) is 6.37. The van der Waals surface area contributed by atoms with Crippen molar-refractivity contribution in [2.45, 2.75) is 149 Å². The molecule has 1 saturated carbocycles. The Morgan fingerprint density at radius 3 is 2.29 bits per heavy atom. The van der Waals surface area contributed by atoms with Gasteiger partial charge in [0, 0.05) is 0 Å². The van der Waals surface area contributed by atoms with Crippen molar-refractivity contribution in [1.29, 1.82) is 0 Å². The molecule has 1 aromatic heterocycles. The summed E-state index contributed by atoms with van der Waals surface area (Å²) >= 11 is 0. The number of hydrogen-bond donors (Lipinski definition) is 4. The summed E-state index contributed by atoms with van der Waals surface area (Å²) in [5, 5.41) is 9.20. The van der Waals surface area contributed by atoms with E-state index in [9.17, 15) is 14.4 Å². The van der Waals surface area contributed by atoms with Crippen LogP contribution in [0.5, 0.6) is 0 Å². The van der Waals surface area contributed by atoms with Crippen LogP contribution in [-0.4, -0.2) is 63.6 Å². The van der Waals surface area contributed by atoms with Gasteiger partial charge in [0.2, 0.25) is 11.8 Å². The van der Waals surface area contributed by atoms with Crippen LogP contribution in [0.3, 0.4) is 0 Å². The van der Waals surface area contributed by atoms with Gasteiger partial charge in [-0.15, -0.1) is 0 Å². The first kappa shape index (κ1) is 37.6. The molecule has 1 saturated heterocycles. The lowest BCUT2D eigenvalue weighted by molar-refractivity contribution is -0.158. The van der Waals surface area contributed by atoms with Crippen molar-refractivity contribution in [3.05, 3.63) is 30.1 Å². The summed E-state index contributed by atoms with van der Waals surface area (Å²) in [5.74, 6) is -1.40. The third-order valence-electron chi connectivity index (χ3n) is 9.61. The average molecular weight is 670 g/mol. The van der Waals surface area contributed by atoms with Gasteiger partial charge in [-0.1, -0.05) is 78.4 Å². The van der Waals surface area contributed by atoms with Crippen LogP contribution in [0.2, 0.25) is 0 Å². The maximum atomic E-state index is 14.3. The summed E-state index contributed by atoms with van der Waals surface area (Å²) in [6.45, 7) is 17.3. The molecular weight excluding hydrogens is 610 g/mol. The van der Waals surface area contributed by atoms with Crippen molar-refractivity contribution in [3.63, 3.8) is 0 Å². The smallest absolute Gasteiger partial charge is 0.407 e. The minimum absolute atomic E-state index is 0.127. The van der Waals surface area contributed by atoms with Crippen molar-refractivity contribution >= 4 is 28.9 Å². The highest BCUT2D eigenvalue weighted by Crippen LogP contribution is 2.39. The normalized spacial score (nSPS) is 22.5. The number of rotatable bonds is 13. The van der Waals surface area contributed by atoms with E-state index in [0.29, 0.717) is 24.6 Å². The molecule has 4 N–H and O–H groups in total. The van der Waals surface area contributed by atoms with Crippen molar-refractivity contribution in [1.82, 2.24) is 25.9 Å². The zero-order valence-electron chi connectivity index (χ0n) is 30.5. The first-order valence-electron chi connectivity index (χ1n) is 17.9. The lowest BCUT2D eigenvalue weighted by Crippen LogP contribution is -2.57. The molecule has 6 atom stereocenters. The quantitative estimate of drug-likeness (QED) is 0.194. The van der Waals surface area contributed by atoms with E-state index in [1.165, 1.54) is 6.42 Å². The summed E-state index contributed by atoms with van der Waals surface area (Å²) in [5.41, 5.74) is 1.06. The number of fused-ring (bicyclic) bond motifs is 1. The molecule has 2 aliphatic rings. The number of nitrogens with one attached hydrogen (secondary N) is 4. The summed E-state index contributed by atoms with van der Waals surface area (Å²) < 4.78 is 18.8.